The minimum absolute atomic E-state index is 0.186. The van der Waals surface area contributed by atoms with E-state index in [4.69, 9.17) is 17.3 Å². The zero-order valence-electron chi connectivity index (χ0n) is 8.82. The van der Waals surface area contributed by atoms with Crippen molar-refractivity contribution in [1.82, 2.24) is 15.0 Å². The average molecular weight is 332 g/mol. The van der Waals surface area contributed by atoms with E-state index in [0.29, 0.717) is 16.4 Å². The van der Waals surface area contributed by atoms with E-state index in [2.05, 4.69) is 30.9 Å². The fraction of sp³-hybridized carbons (Fsp3) is 0.100. The summed E-state index contributed by atoms with van der Waals surface area (Å²) in [6, 6.07) is 3.75. The number of rotatable bonds is 2. The molecule has 7 heteroatoms. The van der Waals surface area contributed by atoms with Crippen LogP contribution in [0.3, 0.4) is 0 Å². The van der Waals surface area contributed by atoms with Gasteiger partial charge in [-0.25, -0.2) is 15.0 Å². The van der Waals surface area contributed by atoms with Gasteiger partial charge in [0.15, 0.2) is 0 Å². The number of halogens is 2. The Morgan fingerprint density at radius 3 is 2.82 bits per heavy atom. The highest BCUT2D eigenvalue weighted by Crippen LogP contribution is 2.34. The largest absolute Gasteiger partial charge is 0.395 e. The van der Waals surface area contributed by atoms with Crippen LogP contribution in [0.15, 0.2) is 32.9 Å². The van der Waals surface area contributed by atoms with Crippen molar-refractivity contribution in [3.8, 4) is 0 Å². The van der Waals surface area contributed by atoms with Gasteiger partial charge in [-0.2, -0.15) is 0 Å². The predicted octanol–water partition coefficient (Wildman–Crippen LogP) is 3.33. The van der Waals surface area contributed by atoms with Crippen molar-refractivity contribution < 1.29 is 0 Å². The maximum atomic E-state index is 5.90. The third kappa shape index (κ3) is 2.88. The van der Waals surface area contributed by atoms with Crippen LogP contribution in [0.4, 0.5) is 5.69 Å². The van der Waals surface area contributed by atoms with Crippen LogP contribution in [-0.2, 0) is 0 Å². The molecule has 2 N–H and O–H groups in total. The number of aromatic nitrogens is 3. The lowest BCUT2D eigenvalue weighted by Crippen LogP contribution is -1.99. The highest BCUT2D eigenvalue weighted by molar-refractivity contribution is 9.10. The Morgan fingerprint density at radius 1 is 1.35 bits per heavy atom. The van der Waals surface area contributed by atoms with E-state index in [1.165, 1.54) is 11.8 Å². The molecule has 2 heterocycles. The van der Waals surface area contributed by atoms with Crippen LogP contribution in [-0.4, -0.2) is 15.0 Å². The normalized spacial score (nSPS) is 10.5. The number of nitrogen functional groups attached to an aromatic ring is 1. The molecule has 2 rings (SSSR count). The zero-order chi connectivity index (χ0) is 12.4. The van der Waals surface area contributed by atoms with Crippen molar-refractivity contribution in [3.05, 3.63) is 33.8 Å². The molecular formula is C10H8BrClN4S. The van der Waals surface area contributed by atoms with E-state index in [-0.39, 0.29) is 5.28 Å². The van der Waals surface area contributed by atoms with Gasteiger partial charge in [0.1, 0.15) is 10.1 Å². The fourth-order valence-electron chi connectivity index (χ4n) is 1.14. The Labute approximate surface area is 116 Å². The molecule has 0 saturated carbocycles. The van der Waals surface area contributed by atoms with Gasteiger partial charge in [-0.3, -0.25) is 0 Å². The molecule has 0 bridgehead atoms. The second kappa shape index (κ2) is 5.20. The first kappa shape index (κ1) is 12.6. The van der Waals surface area contributed by atoms with Crippen LogP contribution in [0.2, 0.25) is 5.28 Å². The predicted molar refractivity (Wildman–Crippen MR) is 72.3 cm³/mol. The van der Waals surface area contributed by atoms with Crippen molar-refractivity contribution in [2.24, 2.45) is 0 Å². The highest BCUT2D eigenvalue weighted by atomic mass is 79.9. The average Bonchev–Trinajstić information content (AvgIpc) is 2.28. The third-order valence-corrected chi connectivity index (χ3v) is 4.09. The van der Waals surface area contributed by atoms with Crippen LogP contribution in [0.25, 0.3) is 0 Å². The molecule has 0 fully saturated rings. The molecule has 0 aliphatic carbocycles. The number of anilines is 1. The molecule has 0 aliphatic heterocycles. The smallest absolute Gasteiger partial charge is 0.223 e. The summed E-state index contributed by atoms with van der Waals surface area (Å²) in [5, 5.41) is 1.58. The van der Waals surface area contributed by atoms with E-state index in [1.807, 2.05) is 12.1 Å². The van der Waals surface area contributed by atoms with Gasteiger partial charge in [0.2, 0.25) is 5.28 Å². The Morgan fingerprint density at radius 2 is 2.12 bits per heavy atom. The van der Waals surface area contributed by atoms with Gasteiger partial charge in [-0.15, -0.1) is 0 Å². The number of aryl methyl sites for hydroxylation is 1. The molecule has 0 saturated heterocycles. The lowest BCUT2D eigenvalue weighted by atomic mass is 10.4. The summed E-state index contributed by atoms with van der Waals surface area (Å²) in [7, 11) is 0. The molecule has 17 heavy (non-hydrogen) atoms. The van der Waals surface area contributed by atoms with E-state index < -0.39 is 0 Å². The van der Waals surface area contributed by atoms with Crippen LogP contribution < -0.4 is 5.73 Å². The van der Waals surface area contributed by atoms with Gasteiger partial charge in [-0.05, 0) is 58.3 Å². The van der Waals surface area contributed by atoms with E-state index >= 15 is 0 Å². The molecule has 0 aliphatic rings. The first-order valence-corrected chi connectivity index (χ1v) is 6.64. The summed E-state index contributed by atoms with van der Waals surface area (Å²) in [5.74, 6) is 0. The minimum atomic E-state index is 0.186. The molecule has 0 spiro atoms. The van der Waals surface area contributed by atoms with Crippen molar-refractivity contribution in [2.45, 2.75) is 17.0 Å². The number of pyridine rings is 1. The van der Waals surface area contributed by atoms with Crippen LogP contribution >= 0.6 is 39.3 Å². The van der Waals surface area contributed by atoms with E-state index in [9.17, 15) is 0 Å². The van der Waals surface area contributed by atoms with Gasteiger partial charge in [0.25, 0.3) is 0 Å². The van der Waals surface area contributed by atoms with Crippen LogP contribution in [0.5, 0.6) is 0 Å². The zero-order valence-corrected chi connectivity index (χ0v) is 12.0. The lowest BCUT2D eigenvalue weighted by Gasteiger charge is -2.07. The standard InChI is InChI=1S/C10H8BrClN4S/c1-5-7(13)9(16-10(12)15-5)17-8-6(11)3-2-4-14-8/h2-4H,13H2,1H3. The van der Waals surface area contributed by atoms with Crippen LogP contribution in [0, 0.1) is 6.92 Å². The molecule has 2 aromatic rings. The first-order chi connectivity index (χ1) is 8.08. The van der Waals surface area contributed by atoms with Crippen molar-refractivity contribution in [1.29, 1.82) is 0 Å². The van der Waals surface area contributed by atoms with Gasteiger partial charge >= 0.3 is 0 Å². The summed E-state index contributed by atoms with van der Waals surface area (Å²) in [4.78, 5) is 12.3. The molecule has 2 aromatic heterocycles. The second-order valence-corrected chi connectivity index (χ2v) is 5.36. The molecule has 0 atom stereocenters. The van der Waals surface area contributed by atoms with Gasteiger partial charge in [0.05, 0.1) is 15.9 Å². The maximum absolute atomic E-state index is 5.90. The first-order valence-electron chi connectivity index (χ1n) is 4.66. The lowest BCUT2D eigenvalue weighted by molar-refractivity contribution is 1.01. The topological polar surface area (TPSA) is 64.7 Å². The van der Waals surface area contributed by atoms with E-state index in [1.54, 1.807) is 13.1 Å². The van der Waals surface area contributed by atoms with Gasteiger partial charge in [0, 0.05) is 6.20 Å². The van der Waals surface area contributed by atoms with Gasteiger partial charge < -0.3 is 5.73 Å². The Balaban J connectivity index is 2.40. The maximum Gasteiger partial charge on any atom is 0.223 e. The number of nitrogens with two attached hydrogens (primary N) is 1. The second-order valence-electron chi connectivity index (χ2n) is 3.19. The number of nitrogens with zero attached hydrogens (tertiary/aromatic N) is 3. The SMILES string of the molecule is Cc1nc(Cl)nc(Sc2ncccc2Br)c1N. The monoisotopic (exact) mass is 330 g/mol. The number of hydrogen-bond donors (Lipinski definition) is 1. The molecule has 0 unspecified atom stereocenters. The van der Waals surface area contributed by atoms with E-state index in [0.717, 1.165) is 9.50 Å². The Kier molecular flexibility index (Phi) is 3.86. The summed E-state index contributed by atoms with van der Waals surface area (Å²) >= 11 is 10.6. The Hall–Kier alpha value is -0.850. The molecule has 0 aromatic carbocycles. The molecule has 0 amide bonds. The summed E-state index contributed by atoms with van der Waals surface area (Å²) in [6.45, 7) is 1.79. The highest BCUT2D eigenvalue weighted by Gasteiger charge is 2.11. The molecule has 4 nitrogen and oxygen atoms in total. The van der Waals surface area contributed by atoms with Crippen molar-refractivity contribution >= 4 is 45.0 Å². The quantitative estimate of drug-likeness (QED) is 0.675. The van der Waals surface area contributed by atoms with Crippen molar-refractivity contribution in [2.75, 3.05) is 5.73 Å². The summed E-state index contributed by atoms with van der Waals surface area (Å²) < 4.78 is 0.886. The molecular weight excluding hydrogens is 324 g/mol. The third-order valence-electron chi connectivity index (χ3n) is 1.99. The van der Waals surface area contributed by atoms with Gasteiger partial charge in [-0.1, -0.05) is 0 Å². The molecule has 0 radical (unpaired) electrons. The summed E-state index contributed by atoms with van der Waals surface area (Å²) in [6.07, 6.45) is 1.71. The van der Waals surface area contributed by atoms with Crippen LogP contribution in [0.1, 0.15) is 5.69 Å². The Bertz CT molecular complexity index is 564. The number of hydrogen-bond acceptors (Lipinski definition) is 5. The fourth-order valence-corrected chi connectivity index (χ4v) is 2.75. The molecule has 88 valence electrons. The summed E-state index contributed by atoms with van der Waals surface area (Å²) in [5.41, 5.74) is 7.09. The minimum Gasteiger partial charge on any atom is -0.395 e. The van der Waals surface area contributed by atoms with Crippen molar-refractivity contribution in [3.63, 3.8) is 0 Å².